The summed E-state index contributed by atoms with van der Waals surface area (Å²) in [7, 11) is 0. The molecule has 5 heteroatoms. The zero-order chi connectivity index (χ0) is 19.0. The van der Waals surface area contributed by atoms with Crippen LogP contribution in [0.3, 0.4) is 0 Å². The molecule has 154 valence electrons. The van der Waals surface area contributed by atoms with Crippen LogP contribution in [0.5, 0.6) is 0 Å². The van der Waals surface area contributed by atoms with Gasteiger partial charge in [-0.25, -0.2) is 0 Å². The number of unbranched alkanes of at least 4 members (excludes halogenated alkanes) is 10. The Labute approximate surface area is 159 Å². The summed E-state index contributed by atoms with van der Waals surface area (Å²) in [6.07, 6.45) is 15.0. The second-order valence-electron chi connectivity index (χ2n) is 7.34. The molecule has 0 saturated carbocycles. The molecule has 1 heterocycles. The number of hydrogen-bond donors (Lipinski definition) is 3. The topological polar surface area (TPSA) is 79.2 Å². The van der Waals surface area contributed by atoms with Crippen LogP contribution in [-0.4, -0.2) is 59.6 Å². The van der Waals surface area contributed by atoms with Gasteiger partial charge in [-0.1, -0.05) is 63.5 Å². The molecule has 0 aliphatic carbocycles. The monoisotopic (exact) mass is 372 g/mol. The summed E-state index contributed by atoms with van der Waals surface area (Å²) in [4.78, 5) is 0. The summed E-state index contributed by atoms with van der Waals surface area (Å²) in [5.74, 6) is 0. The molecule has 1 aliphatic heterocycles. The van der Waals surface area contributed by atoms with Gasteiger partial charge in [-0.2, -0.15) is 0 Å². The van der Waals surface area contributed by atoms with Crippen LogP contribution in [-0.2, 0) is 9.47 Å². The summed E-state index contributed by atoms with van der Waals surface area (Å²) in [5.41, 5.74) is 0. The number of hydrogen-bond acceptors (Lipinski definition) is 5. The van der Waals surface area contributed by atoms with E-state index >= 15 is 0 Å². The fourth-order valence-corrected chi connectivity index (χ4v) is 3.39. The lowest BCUT2D eigenvalue weighted by Gasteiger charge is -2.37. The van der Waals surface area contributed by atoms with Gasteiger partial charge in [0.25, 0.3) is 0 Å². The predicted molar refractivity (Wildman–Crippen MR) is 104 cm³/mol. The first-order chi connectivity index (χ1) is 12.7. The maximum absolute atomic E-state index is 10.0. The van der Waals surface area contributed by atoms with Crippen molar-refractivity contribution in [2.24, 2.45) is 0 Å². The van der Waals surface area contributed by atoms with E-state index in [9.17, 15) is 10.2 Å². The van der Waals surface area contributed by atoms with Gasteiger partial charge < -0.3 is 24.8 Å². The average molecular weight is 373 g/mol. The quantitative estimate of drug-likeness (QED) is 0.303. The van der Waals surface area contributed by atoms with E-state index < -0.39 is 24.4 Å². The van der Waals surface area contributed by atoms with Gasteiger partial charge in [0.15, 0.2) is 0 Å². The second kappa shape index (κ2) is 15.6. The number of rotatable bonds is 15. The summed E-state index contributed by atoms with van der Waals surface area (Å²) >= 11 is 0. The van der Waals surface area contributed by atoms with Crippen LogP contribution in [0.4, 0.5) is 0 Å². The summed E-state index contributed by atoms with van der Waals surface area (Å²) in [6, 6.07) is 0. The zero-order valence-electron chi connectivity index (χ0n) is 16.5. The molecule has 0 amide bonds. The minimum absolute atomic E-state index is 0.0995. The van der Waals surface area contributed by atoms with Gasteiger partial charge >= 0.3 is 0 Å². The molecule has 1 saturated heterocycles. The van der Waals surface area contributed by atoms with Gasteiger partial charge in [-0.3, -0.25) is 0 Å². The molecule has 4 atom stereocenters. The van der Waals surface area contributed by atoms with Gasteiger partial charge in [0.05, 0.1) is 13.2 Å². The van der Waals surface area contributed by atoms with Crippen molar-refractivity contribution in [2.45, 2.75) is 102 Å². The van der Waals surface area contributed by atoms with Crippen molar-refractivity contribution in [1.82, 2.24) is 0 Å². The molecule has 0 unspecified atom stereocenters. The molecule has 0 aromatic rings. The van der Waals surface area contributed by atoms with Crippen LogP contribution in [0.2, 0.25) is 0 Å². The van der Waals surface area contributed by atoms with Crippen molar-refractivity contribution < 1.29 is 24.8 Å². The van der Waals surface area contributed by atoms with Crippen LogP contribution < -0.4 is 0 Å². The van der Waals surface area contributed by atoms with Gasteiger partial charge in [0.1, 0.15) is 24.4 Å². The largest absolute Gasteiger partial charge is 0.394 e. The Hall–Kier alpha value is -0.460. The standard InChI is InChI=1S/C21H40O5/c1-2-3-4-5-6-7-8-9-10-11-12-13-14-15-25-21-18(23)17-26-19(16-22)20(21)24/h2-3,18-24H,4-17H2,1H3/b3-2+/t18-,19+,20+,21+/m0/s1. The number of aliphatic hydroxyl groups is 3. The van der Waals surface area contributed by atoms with Crippen LogP contribution in [0.15, 0.2) is 12.2 Å². The first kappa shape index (κ1) is 23.6. The second-order valence-corrected chi connectivity index (χ2v) is 7.34. The fraction of sp³-hybridized carbons (Fsp3) is 0.905. The highest BCUT2D eigenvalue weighted by atomic mass is 16.6. The van der Waals surface area contributed by atoms with Gasteiger partial charge in [-0.15, -0.1) is 0 Å². The molecule has 26 heavy (non-hydrogen) atoms. The predicted octanol–water partition coefficient (Wildman–Crippen LogP) is 3.35. The molecular weight excluding hydrogens is 332 g/mol. The minimum Gasteiger partial charge on any atom is -0.394 e. The van der Waals surface area contributed by atoms with Gasteiger partial charge in [0, 0.05) is 6.61 Å². The number of allylic oxidation sites excluding steroid dienone is 2. The van der Waals surface area contributed by atoms with E-state index in [1.807, 2.05) is 0 Å². The molecule has 1 fully saturated rings. The minimum atomic E-state index is -0.971. The van der Waals surface area contributed by atoms with E-state index in [0.717, 1.165) is 12.8 Å². The molecule has 5 nitrogen and oxygen atoms in total. The summed E-state index contributed by atoms with van der Waals surface area (Å²) in [6.45, 7) is 2.45. The lowest BCUT2D eigenvalue weighted by Crippen LogP contribution is -2.55. The normalized spacial score (nSPS) is 26.6. The van der Waals surface area contributed by atoms with Gasteiger partial charge in [0.2, 0.25) is 0 Å². The van der Waals surface area contributed by atoms with E-state index in [1.165, 1.54) is 57.8 Å². The third kappa shape index (κ3) is 10.0. The van der Waals surface area contributed by atoms with Gasteiger partial charge in [-0.05, 0) is 26.2 Å². The highest BCUT2D eigenvalue weighted by Crippen LogP contribution is 2.19. The third-order valence-corrected chi connectivity index (χ3v) is 5.07. The van der Waals surface area contributed by atoms with E-state index in [0.29, 0.717) is 6.61 Å². The molecule has 3 N–H and O–H groups in total. The molecule has 1 rings (SSSR count). The van der Waals surface area contributed by atoms with Crippen LogP contribution in [0, 0.1) is 0 Å². The van der Waals surface area contributed by atoms with Crippen molar-refractivity contribution in [3.8, 4) is 0 Å². The zero-order valence-corrected chi connectivity index (χ0v) is 16.5. The molecule has 0 aromatic heterocycles. The highest BCUT2D eigenvalue weighted by molar-refractivity contribution is 4.87. The SMILES string of the molecule is C/C=C/CCCCCCCCCCCCO[C@H]1[C@H](O)[C@@H](CO)OC[C@@H]1O. The Balaban J connectivity index is 1.90. The molecule has 0 radical (unpaired) electrons. The average Bonchev–Trinajstić information content (AvgIpc) is 2.64. The summed E-state index contributed by atoms with van der Waals surface area (Å²) < 4.78 is 10.8. The first-order valence-electron chi connectivity index (χ1n) is 10.5. The molecule has 0 spiro atoms. The number of aliphatic hydroxyl groups excluding tert-OH is 3. The third-order valence-electron chi connectivity index (χ3n) is 5.07. The maximum Gasteiger partial charge on any atom is 0.114 e. The van der Waals surface area contributed by atoms with E-state index in [-0.39, 0.29) is 13.2 Å². The van der Waals surface area contributed by atoms with Crippen LogP contribution >= 0.6 is 0 Å². The van der Waals surface area contributed by atoms with Crippen molar-refractivity contribution >= 4 is 0 Å². The van der Waals surface area contributed by atoms with Crippen molar-refractivity contribution in [1.29, 1.82) is 0 Å². The van der Waals surface area contributed by atoms with Crippen LogP contribution in [0.1, 0.15) is 77.6 Å². The Morgan fingerprint density at radius 1 is 0.923 bits per heavy atom. The Morgan fingerprint density at radius 2 is 1.50 bits per heavy atom. The van der Waals surface area contributed by atoms with Crippen LogP contribution in [0.25, 0.3) is 0 Å². The smallest absolute Gasteiger partial charge is 0.114 e. The first-order valence-corrected chi connectivity index (χ1v) is 10.5. The number of ether oxygens (including phenoxy) is 2. The maximum atomic E-state index is 10.0. The Bertz CT molecular complexity index is 347. The summed E-state index contributed by atoms with van der Waals surface area (Å²) in [5, 5.41) is 29.0. The van der Waals surface area contributed by atoms with Crippen molar-refractivity contribution in [3.63, 3.8) is 0 Å². The van der Waals surface area contributed by atoms with E-state index in [1.54, 1.807) is 0 Å². The van der Waals surface area contributed by atoms with Crippen molar-refractivity contribution in [3.05, 3.63) is 12.2 Å². The molecule has 0 aromatic carbocycles. The lowest BCUT2D eigenvalue weighted by molar-refractivity contribution is -0.210. The molecule has 0 bridgehead atoms. The van der Waals surface area contributed by atoms with E-state index in [4.69, 9.17) is 14.6 Å². The highest BCUT2D eigenvalue weighted by Gasteiger charge is 2.38. The molecular formula is C21H40O5. The lowest BCUT2D eigenvalue weighted by atomic mass is 10.0. The Morgan fingerprint density at radius 3 is 2.08 bits per heavy atom. The fourth-order valence-electron chi connectivity index (χ4n) is 3.39. The Kier molecular flexibility index (Phi) is 14.1. The molecule has 1 aliphatic rings. The van der Waals surface area contributed by atoms with E-state index in [2.05, 4.69) is 19.1 Å². The van der Waals surface area contributed by atoms with Crippen molar-refractivity contribution in [2.75, 3.05) is 19.8 Å².